The fourth-order valence-corrected chi connectivity index (χ4v) is 2.24. The van der Waals surface area contributed by atoms with Crippen LogP contribution in [0.2, 0.25) is 5.15 Å². The Balaban J connectivity index is 2.54. The molecule has 128 valence electrons. The Morgan fingerprint density at radius 1 is 1.21 bits per heavy atom. The van der Waals surface area contributed by atoms with Crippen molar-refractivity contribution in [2.45, 2.75) is 26.4 Å². The van der Waals surface area contributed by atoms with Gasteiger partial charge in [-0.25, -0.2) is 18.6 Å². The van der Waals surface area contributed by atoms with E-state index < -0.39 is 23.2 Å². The van der Waals surface area contributed by atoms with Crippen LogP contribution < -0.4 is 4.74 Å². The molecule has 0 aliphatic rings. The molecule has 24 heavy (non-hydrogen) atoms. The summed E-state index contributed by atoms with van der Waals surface area (Å²) >= 11 is 5.98. The Morgan fingerprint density at radius 3 is 2.46 bits per heavy atom. The first-order chi connectivity index (χ1) is 11.1. The summed E-state index contributed by atoms with van der Waals surface area (Å²) in [6, 6.07) is 4.92. The number of halogens is 3. The molecule has 0 N–H and O–H groups in total. The van der Waals surface area contributed by atoms with Crippen molar-refractivity contribution in [2.24, 2.45) is 0 Å². The zero-order valence-corrected chi connectivity index (χ0v) is 14.4. The summed E-state index contributed by atoms with van der Waals surface area (Å²) in [6.07, 6.45) is 0. The molecule has 1 aromatic carbocycles. The highest BCUT2D eigenvalue weighted by Crippen LogP contribution is 2.34. The van der Waals surface area contributed by atoms with Crippen molar-refractivity contribution in [3.8, 4) is 17.0 Å². The summed E-state index contributed by atoms with van der Waals surface area (Å²) in [5.74, 6) is -2.35. The first-order valence-electron chi connectivity index (χ1n) is 7.06. The second kappa shape index (κ2) is 6.73. The van der Waals surface area contributed by atoms with Crippen LogP contribution in [0.15, 0.2) is 24.3 Å². The molecule has 0 amide bonds. The first-order valence-corrected chi connectivity index (χ1v) is 7.44. The van der Waals surface area contributed by atoms with Crippen LogP contribution in [0.5, 0.6) is 5.75 Å². The van der Waals surface area contributed by atoms with Gasteiger partial charge in [-0.1, -0.05) is 17.7 Å². The van der Waals surface area contributed by atoms with E-state index in [1.807, 2.05) is 0 Å². The van der Waals surface area contributed by atoms with E-state index in [1.165, 1.54) is 19.2 Å². The van der Waals surface area contributed by atoms with Gasteiger partial charge in [0, 0.05) is 0 Å². The van der Waals surface area contributed by atoms with E-state index in [2.05, 4.69) is 4.98 Å². The molecule has 0 bridgehead atoms. The van der Waals surface area contributed by atoms with Crippen LogP contribution in [0.3, 0.4) is 0 Å². The van der Waals surface area contributed by atoms with Crippen molar-refractivity contribution in [3.63, 3.8) is 0 Å². The minimum atomic E-state index is -0.913. The quantitative estimate of drug-likeness (QED) is 0.594. The van der Waals surface area contributed by atoms with Gasteiger partial charge in [-0.15, -0.1) is 0 Å². The number of ether oxygens (including phenoxy) is 2. The Hall–Kier alpha value is -2.21. The number of rotatable bonds is 3. The lowest BCUT2D eigenvalue weighted by Crippen LogP contribution is -2.24. The van der Waals surface area contributed by atoms with E-state index in [9.17, 15) is 13.6 Å². The van der Waals surface area contributed by atoms with E-state index in [0.717, 1.165) is 12.1 Å². The van der Waals surface area contributed by atoms with Gasteiger partial charge in [0.15, 0.2) is 5.82 Å². The average Bonchev–Trinajstić information content (AvgIpc) is 2.47. The Labute approximate surface area is 143 Å². The summed E-state index contributed by atoms with van der Waals surface area (Å²) in [4.78, 5) is 15.9. The van der Waals surface area contributed by atoms with Crippen LogP contribution in [-0.4, -0.2) is 23.7 Å². The first kappa shape index (κ1) is 18.1. The molecule has 0 aliphatic heterocycles. The van der Waals surface area contributed by atoms with Gasteiger partial charge in [0.25, 0.3) is 0 Å². The molecule has 2 rings (SSSR count). The lowest BCUT2D eigenvalue weighted by Gasteiger charge is -2.20. The van der Waals surface area contributed by atoms with Gasteiger partial charge in [0.1, 0.15) is 28.0 Å². The van der Waals surface area contributed by atoms with Gasteiger partial charge in [-0.2, -0.15) is 0 Å². The molecule has 1 aromatic heterocycles. The van der Waals surface area contributed by atoms with Crippen molar-refractivity contribution in [3.05, 3.63) is 46.6 Å². The molecule has 0 atom stereocenters. The molecule has 0 saturated heterocycles. The number of carbonyl (C=O) groups is 1. The van der Waals surface area contributed by atoms with Gasteiger partial charge in [0.2, 0.25) is 0 Å². The van der Waals surface area contributed by atoms with Crippen molar-refractivity contribution in [1.82, 2.24) is 4.98 Å². The largest absolute Gasteiger partial charge is 0.496 e. The molecule has 7 heteroatoms. The van der Waals surface area contributed by atoms with E-state index in [-0.39, 0.29) is 27.7 Å². The lowest BCUT2D eigenvalue weighted by molar-refractivity contribution is 0.00688. The minimum Gasteiger partial charge on any atom is -0.496 e. The third-order valence-corrected chi connectivity index (χ3v) is 3.27. The molecule has 0 aliphatic carbocycles. The van der Waals surface area contributed by atoms with Crippen LogP contribution in [0.4, 0.5) is 8.78 Å². The normalized spacial score (nSPS) is 11.3. The standard InChI is InChI=1S/C17H16ClF2NO3/c1-17(2,3)24-16(22)9-8-11(20)14(21-15(9)18)13-10(19)6-5-7-12(13)23-4/h5-8H,1-4H3. The SMILES string of the molecule is COc1cccc(F)c1-c1nc(Cl)c(C(=O)OC(C)(C)C)cc1F. The van der Waals surface area contributed by atoms with Crippen LogP contribution in [0, 0.1) is 11.6 Å². The second-order valence-electron chi connectivity index (χ2n) is 5.98. The van der Waals surface area contributed by atoms with E-state index in [0.29, 0.717) is 0 Å². The third kappa shape index (κ3) is 3.82. The van der Waals surface area contributed by atoms with Crippen molar-refractivity contribution in [1.29, 1.82) is 0 Å². The summed E-state index contributed by atoms with van der Waals surface area (Å²) in [5.41, 5.74) is -1.52. The summed E-state index contributed by atoms with van der Waals surface area (Å²) in [7, 11) is 1.33. The summed E-state index contributed by atoms with van der Waals surface area (Å²) in [5, 5.41) is -0.286. The van der Waals surface area contributed by atoms with Gasteiger partial charge in [-0.05, 0) is 39.0 Å². The highest BCUT2D eigenvalue weighted by molar-refractivity contribution is 6.32. The number of benzene rings is 1. The topological polar surface area (TPSA) is 48.4 Å². The number of hydrogen-bond donors (Lipinski definition) is 0. The molecule has 0 spiro atoms. The number of hydrogen-bond acceptors (Lipinski definition) is 4. The Morgan fingerprint density at radius 2 is 1.88 bits per heavy atom. The maximum Gasteiger partial charge on any atom is 0.341 e. The maximum absolute atomic E-state index is 14.5. The summed E-state index contributed by atoms with van der Waals surface area (Å²) in [6.45, 7) is 5.00. The van der Waals surface area contributed by atoms with Crippen molar-refractivity contribution in [2.75, 3.05) is 7.11 Å². The highest BCUT2D eigenvalue weighted by atomic mass is 35.5. The zero-order chi connectivity index (χ0) is 18.1. The molecule has 2 aromatic rings. The third-order valence-electron chi connectivity index (χ3n) is 2.98. The Bertz CT molecular complexity index is 788. The monoisotopic (exact) mass is 355 g/mol. The molecule has 4 nitrogen and oxygen atoms in total. The van der Waals surface area contributed by atoms with Crippen LogP contribution in [0.1, 0.15) is 31.1 Å². The van der Waals surface area contributed by atoms with Crippen molar-refractivity contribution >= 4 is 17.6 Å². The molecular formula is C17H16ClF2NO3. The van der Waals surface area contributed by atoms with E-state index in [1.54, 1.807) is 20.8 Å². The minimum absolute atomic E-state index is 0.0995. The van der Waals surface area contributed by atoms with Crippen LogP contribution >= 0.6 is 11.6 Å². The summed E-state index contributed by atoms with van der Waals surface area (Å²) < 4.78 is 38.7. The van der Waals surface area contributed by atoms with Crippen LogP contribution in [0.25, 0.3) is 11.3 Å². The number of methoxy groups -OCH3 is 1. The number of carbonyl (C=O) groups excluding carboxylic acids is 1. The molecule has 0 saturated carbocycles. The van der Waals surface area contributed by atoms with E-state index >= 15 is 0 Å². The molecular weight excluding hydrogens is 340 g/mol. The fraction of sp³-hybridized carbons (Fsp3) is 0.294. The van der Waals surface area contributed by atoms with Gasteiger partial charge in [-0.3, -0.25) is 0 Å². The average molecular weight is 356 g/mol. The number of esters is 1. The zero-order valence-electron chi connectivity index (χ0n) is 13.6. The Kier molecular flexibility index (Phi) is 5.08. The molecule has 0 fully saturated rings. The number of aromatic nitrogens is 1. The highest BCUT2D eigenvalue weighted by Gasteiger charge is 2.25. The predicted octanol–water partition coefficient (Wildman–Crippen LogP) is 4.64. The maximum atomic E-state index is 14.5. The van der Waals surface area contributed by atoms with Crippen molar-refractivity contribution < 1.29 is 23.0 Å². The molecule has 0 unspecified atom stereocenters. The molecule has 0 radical (unpaired) electrons. The predicted molar refractivity (Wildman–Crippen MR) is 86.3 cm³/mol. The fourth-order valence-electron chi connectivity index (χ4n) is 2.02. The smallest absolute Gasteiger partial charge is 0.341 e. The molecule has 1 heterocycles. The van der Waals surface area contributed by atoms with Gasteiger partial charge in [0.05, 0.1) is 18.2 Å². The van der Waals surface area contributed by atoms with Gasteiger partial charge >= 0.3 is 5.97 Å². The number of nitrogens with zero attached hydrogens (tertiary/aromatic N) is 1. The van der Waals surface area contributed by atoms with Crippen LogP contribution in [-0.2, 0) is 4.74 Å². The second-order valence-corrected chi connectivity index (χ2v) is 6.33. The lowest BCUT2D eigenvalue weighted by atomic mass is 10.1. The van der Waals surface area contributed by atoms with Gasteiger partial charge < -0.3 is 9.47 Å². The van der Waals surface area contributed by atoms with E-state index in [4.69, 9.17) is 21.1 Å². The number of pyridine rings is 1.